The van der Waals surface area contributed by atoms with Crippen molar-refractivity contribution >= 4 is 17.8 Å². The summed E-state index contributed by atoms with van der Waals surface area (Å²) in [7, 11) is 0. The van der Waals surface area contributed by atoms with Crippen molar-refractivity contribution in [3.63, 3.8) is 0 Å². The van der Waals surface area contributed by atoms with E-state index in [9.17, 15) is 9.59 Å². The second-order valence-electron chi connectivity index (χ2n) is 4.50. The lowest BCUT2D eigenvalue weighted by molar-refractivity contribution is -0.128. The number of Topliss-reactive ketones (excluding diaryl/α,β-unsaturated/α-hetero) is 1. The Kier molecular flexibility index (Phi) is 4.72. The maximum Gasteiger partial charge on any atom is 0.336 e. The molecule has 0 amide bonds. The summed E-state index contributed by atoms with van der Waals surface area (Å²) in [5.41, 5.74) is 0.610. The highest BCUT2D eigenvalue weighted by Crippen LogP contribution is 2.14. The van der Waals surface area contributed by atoms with Gasteiger partial charge in [0.05, 0.1) is 0 Å². The summed E-state index contributed by atoms with van der Waals surface area (Å²) in [6.07, 6.45) is 3.29. The van der Waals surface area contributed by atoms with Gasteiger partial charge in [-0.15, -0.1) is 0 Å². The van der Waals surface area contributed by atoms with Crippen molar-refractivity contribution in [3.8, 4) is 5.75 Å². The van der Waals surface area contributed by atoms with Gasteiger partial charge in [0.1, 0.15) is 17.3 Å². The molecule has 1 heterocycles. The van der Waals surface area contributed by atoms with Crippen LogP contribution in [0.25, 0.3) is 6.08 Å². The van der Waals surface area contributed by atoms with Crippen molar-refractivity contribution in [1.29, 1.82) is 0 Å². The number of hydrogen-bond donors (Lipinski definition) is 0. The first-order chi connectivity index (χ1) is 10.1. The highest BCUT2D eigenvalue weighted by Gasteiger charge is 2.05. The fraction of sp³-hybridized carbons (Fsp3) is 0.176. The molecule has 0 unspecified atom stereocenters. The molecule has 0 bridgehead atoms. The number of carbonyl (C=O) groups is 2. The molecule has 0 aliphatic heterocycles. The molecular weight excluding hydrogens is 268 g/mol. The third-order valence-electron chi connectivity index (χ3n) is 2.86. The number of rotatable bonds is 5. The standard InChI is InChI=1S/C17H16O4/c1-3-16(18)13-5-8-15(9-6-13)21-17(19)11-10-14-7-4-12(2)20-14/h4-11H,3H2,1-2H3. The van der Waals surface area contributed by atoms with Gasteiger partial charge in [0, 0.05) is 18.1 Å². The van der Waals surface area contributed by atoms with Gasteiger partial charge in [0.25, 0.3) is 0 Å². The highest BCUT2D eigenvalue weighted by atomic mass is 16.5. The quantitative estimate of drug-likeness (QED) is 0.363. The summed E-state index contributed by atoms with van der Waals surface area (Å²) in [6, 6.07) is 10.1. The zero-order valence-corrected chi connectivity index (χ0v) is 12.0. The predicted octanol–water partition coefficient (Wildman–Crippen LogP) is 3.80. The lowest BCUT2D eigenvalue weighted by atomic mass is 10.1. The van der Waals surface area contributed by atoms with E-state index in [1.165, 1.54) is 6.08 Å². The van der Waals surface area contributed by atoms with Crippen LogP contribution in [0.5, 0.6) is 5.75 Å². The summed E-state index contributed by atoms with van der Waals surface area (Å²) < 4.78 is 10.4. The maximum absolute atomic E-state index is 11.6. The molecule has 21 heavy (non-hydrogen) atoms. The summed E-state index contributed by atoms with van der Waals surface area (Å²) >= 11 is 0. The zero-order valence-electron chi connectivity index (χ0n) is 12.0. The lowest BCUT2D eigenvalue weighted by Gasteiger charge is -2.02. The van der Waals surface area contributed by atoms with Gasteiger partial charge in [0.2, 0.25) is 0 Å². The van der Waals surface area contributed by atoms with Gasteiger partial charge in [-0.3, -0.25) is 4.79 Å². The first kappa shape index (κ1) is 14.8. The molecule has 0 saturated heterocycles. The largest absolute Gasteiger partial charge is 0.462 e. The summed E-state index contributed by atoms with van der Waals surface area (Å²) in [6.45, 7) is 3.63. The normalized spacial score (nSPS) is 10.8. The summed E-state index contributed by atoms with van der Waals surface area (Å²) in [4.78, 5) is 23.1. The SMILES string of the molecule is CCC(=O)c1ccc(OC(=O)C=Cc2ccc(C)o2)cc1. The van der Waals surface area contributed by atoms with Crippen molar-refractivity contribution in [2.75, 3.05) is 0 Å². The third kappa shape index (κ3) is 4.18. The van der Waals surface area contributed by atoms with Crippen LogP contribution in [0.2, 0.25) is 0 Å². The van der Waals surface area contributed by atoms with E-state index in [2.05, 4.69) is 0 Å². The van der Waals surface area contributed by atoms with E-state index in [0.29, 0.717) is 23.5 Å². The zero-order chi connectivity index (χ0) is 15.2. The minimum absolute atomic E-state index is 0.0564. The molecule has 0 N–H and O–H groups in total. The van der Waals surface area contributed by atoms with E-state index in [1.807, 2.05) is 13.0 Å². The lowest BCUT2D eigenvalue weighted by Crippen LogP contribution is -2.04. The van der Waals surface area contributed by atoms with Crippen molar-refractivity contribution in [2.24, 2.45) is 0 Å². The maximum atomic E-state index is 11.6. The number of carbonyl (C=O) groups excluding carboxylic acids is 2. The second-order valence-corrected chi connectivity index (χ2v) is 4.50. The van der Waals surface area contributed by atoms with E-state index in [4.69, 9.17) is 9.15 Å². The smallest absolute Gasteiger partial charge is 0.336 e. The number of ether oxygens (including phenoxy) is 1. The van der Waals surface area contributed by atoms with E-state index in [-0.39, 0.29) is 5.78 Å². The highest BCUT2D eigenvalue weighted by molar-refractivity contribution is 5.96. The van der Waals surface area contributed by atoms with Crippen LogP contribution in [0.15, 0.2) is 46.9 Å². The Bertz CT molecular complexity index is 662. The molecule has 0 saturated carbocycles. The number of benzene rings is 1. The average molecular weight is 284 g/mol. The molecule has 2 rings (SSSR count). The third-order valence-corrected chi connectivity index (χ3v) is 2.86. The molecular formula is C17H16O4. The molecule has 4 nitrogen and oxygen atoms in total. The van der Waals surface area contributed by atoms with Gasteiger partial charge < -0.3 is 9.15 Å². The van der Waals surface area contributed by atoms with Crippen LogP contribution in [0, 0.1) is 6.92 Å². The molecule has 0 spiro atoms. The van der Waals surface area contributed by atoms with Crippen LogP contribution in [0.1, 0.15) is 35.2 Å². The molecule has 1 aromatic heterocycles. The molecule has 108 valence electrons. The molecule has 2 aromatic rings. The Morgan fingerprint density at radius 1 is 1.14 bits per heavy atom. The number of furan rings is 1. The Labute approximate surface area is 123 Å². The van der Waals surface area contributed by atoms with Crippen LogP contribution in [0.4, 0.5) is 0 Å². The van der Waals surface area contributed by atoms with Crippen LogP contribution in [0.3, 0.4) is 0 Å². The van der Waals surface area contributed by atoms with Gasteiger partial charge in [-0.2, -0.15) is 0 Å². The molecule has 4 heteroatoms. The van der Waals surface area contributed by atoms with E-state index in [0.717, 1.165) is 5.76 Å². The fourth-order valence-corrected chi connectivity index (χ4v) is 1.76. The van der Waals surface area contributed by atoms with Crippen molar-refractivity contribution < 1.29 is 18.7 Å². The summed E-state index contributed by atoms with van der Waals surface area (Å²) in [5.74, 6) is 1.32. The van der Waals surface area contributed by atoms with E-state index < -0.39 is 5.97 Å². The average Bonchev–Trinajstić information content (AvgIpc) is 2.91. The molecule has 0 fully saturated rings. The Morgan fingerprint density at radius 3 is 2.43 bits per heavy atom. The fourth-order valence-electron chi connectivity index (χ4n) is 1.76. The Morgan fingerprint density at radius 2 is 1.86 bits per heavy atom. The monoisotopic (exact) mass is 284 g/mol. The van der Waals surface area contributed by atoms with Crippen molar-refractivity contribution in [2.45, 2.75) is 20.3 Å². The van der Waals surface area contributed by atoms with Gasteiger partial charge in [-0.05, 0) is 49.4 Å². The molecule has 0 radical (unpaired) electrons. The topological polar surface area (TPSA) is 56.5 Å². The van der Waals surface area contributed by atoms with Gasteiger partial charge in [0.15, 0.2) is 5.78 Å². The molecule has 0 aliphatic rings. The van der Waals surface area contributed by atoms with E-state index >= 15 is 0 Å². The van der Waals surface area contributed by atoms with Crippen LogP contribution in [-0.2, 0) is 4.79 Å². The Balaban J connectivity index is 1.96. The van der Waals surface area contributed by atoms with Gasteiger partial charge in [-0.25, -0.2) is 4.79 Å². The minimum atomic E-state index is -0.501. The van der Waals surface area contributed by atoms with Gasteiger partial charge >= 0.3 is 5.97 Å². The van der Waals surface area contributed by atoms with Crippen LogP contribution < -0.4 is 4.74 Å². The predicted molar refractivity (Wildman–Crippen MR) is 79.2 cm³/mol. The van der Waals surface area contributed by atoms with Gasteiger partial charge in [-0.1, -0.05) is 6.92 Å². The molecule has 0 atom stereocenters. The second kappa shape index (κ2) is 6.70. The number of aryl methyl sites for hydroxylation is 1. The Hall–Kier alpha value is -2.62. The summed E-state index contributed by atoms with van der Waals surface area (Å²) in [5, 5.41) is 0. The molecule has 1 aromatic carbocycles. The first-order valence-electron chi connectivity index (χ1n) is 6.68. The minimum Gasteiger partial charge on any atom is -0.462 e. The molecule has 0 aliphatic carbocycles. The van der Waals surface area contributed by atoms with E-state index in [1.54, 1.807) is 43.3 Å². The van der Waals surface area contributed by atoms with Crippen molar-refractivity contribution in [3.05, 3.63) is 59.6 Å². The van der Waals surface area contributed by atoms with Crippen LogP contribution >= 0.6 is 0 Å². The first-order valence-corrected chi connectivity index (χ1v) is 6.68. The number of ketones is 1. The van der Waals surface area contributed by atoms with Crippen LogP contribution in [-0.4, -0.2) is 11.8 Å². The number of esters is 1. The van der Waals surface area contributed by atoms with Crippen molar-refractivity contribution in [1.82, 2.24) is 0 Å². The number of hydrogen-bond acceptors (Lipinski definition) is 4.